The van der Waals surface area contributed by atoms with Gasteiger partial charge >= 0.3 is 5.97 Å². The smallest absolute Gasteiger partial charge is 0.361 e. The van der Waals surface area contributed by atoms with Gasteiger partial charge in [0.1, 0.15) is 10.8 Å². The van der Waals surface area contributed by atoms with Crippen LogP contribution in [0.2, 0.25) is 0 Å². The van der Waals surface area contributed by atoms with Gasteiger partial charge in [0, 0.05) is 10.2 Å². The molecule has 0 saturated carbocycles. The lowest BCUT2D eigenvalue weighted by Gasteiger charge is -2.09. The highest BCUT2D eigenvalue weighted by Crippen LogP contribution is 2.27. The fourth-order valence-electron chi connectivity index (χ4n) is 2.51. The van der Waals surface area contributed by atoms with E-state index in [0.29, 0.717) is 23.9 Å². The Balaban J connectivity index is 1.83. The summed E-state index contributed by atoms with van der Waals surface area (Å²) in [5.41, 5.74) is 2.42. The van der Waals surface area contributed by atoms with Gasteiger partial charge < -0.3 is 9.47 Å². The molecule has 0 atom stereocenters. The number of halogens is 1. The van der Waals surface area contributed by atoms with Gasteiger partial charge in [-0.1, -0.05) is 57.2 Å². The lowest BCUT2D eigenvalue weighted by atomic mass is 10.2. The topological polar surface area (TPSA) is 66.2 Å². The van der Waals surface area contributed by atoms with Crippen LogP contribution in [-0.2, 0) is 17.0 Å². The molecule has 2 aromatic carbocycles. The molecule has 0 fully saturated rings. The van der Waals surface area contributed by atoms with E-state index in [9.17, 15) is 4.79 Å². The molecule has 0 N–H and O–H groups in total. The third-order valence-electron chi connectivity index (χ3n) is 3.94. The molecule has 0 bridgehead atoms. The Bertz CT molecular complexity index is 927. The van der Waals surface area contributed by atoms with Gasteiger partial charge in [-0.15, -0.1) is 5.10 Å². The predicted octanol–water partition coefficient (Wildman–Crippen LogP) is 4.57. The predicted molar refractivity (Wildman–Crippen MR) is 112 cm³/mol. The number of carbonyl (C=O) groups is 1. The van der Waals surface area contributed by atoms with Crippen molar-refractivity contribution in [3.63, 3.8) is 0 Å². The number of aromatic nitrogens is 3. The van der Waals surface area contributed by atoms with E-state index in [-0.39, 0.29) is 5.69 Å². The van der Waals surface area contributed by atoms with Crippen molar-refractivity contribution >= 4 is 33.7 Å². The second kappa shape index (κ2) is 9.75. The van der Waals surface area contributed by atoms with Crippen molar-refractivity contribution in [2.24, 2.45) is 0 Å². The molecule has 1 heterocycles. The monoisotopic (exact) mass is 461 g/mol. The molecule has 8 heteroatoms. The number of hydrogen-bond donors (Lipinski definition) is 0. The average Bonchev–Trinajstić information content (AvgIpc) is 3.11. The number of ether oxygens (including phenoxy) is 2. The van der Waals surface area contributed by atoms with Gasteiger partial charge in [-0.2, -0.15) is 0 Å². The fraction of sp³-hybridized carbons (Fsp3) is 0.250. The largest absolute Gasteiger partial charge is 0.497 e. The fourth-order valence-corrected chi connectivity index (χ4v) is 3.79. The number of nitrogens with zero attached hydrogens (tertiary/aromatic N) is 3. The molecule has 146 valence electrons. The maximum absolute atomic E-state index is 12.3. The zero-order chi connectivity index (χ0) is 19.9. The second-order valence-electron chi connectivity index (χ2n) is 5.88. The normalized spacial score (nSPS) is 10.7. The highest BCUT2D eigenvalue weighted by molar-refractivity contribution is 9.10. The van der Waals surface area contributed by atoms with Gasteiger partial charge in [0.25, 0.3) is 0 Å². The number of carbonyl (C=O) groups excluding carboxylic acids is 1. The molecule has 3 rings (SSSR count). The molecule has 0 radical (unpaired) electrons. The minimum absolute atomic E-state index is 0.248. The molecular weight excluding hydrogens is 442 g/mol. The molecule has 0 spiro atoms. The Hall–Kier alpha value is -2.32. The van der Waals surface area contributed by atoms with Gasteiger partial charge in [-0.25, -0.2) is 9.48 Å². The van der Waals surface area contributed by atoms with Gasteiger partial charge in [0.2, 0.25) is 5.69 Å². The standard InChI is InChI=1S/C20H20BrN3O3S/c1-3-27-20(25)18-19(28-13-15-4-8-16(21)9-5-15)24(23-22-18)12-14-6-10-17(26-2)11-7-14/h4-11H,3,12-13H2,1-2H3. The molecule has 6 nitrogen and oxygen atoms in total. The number of hydrogen-bond acceptors (Lipinski definition) is 6. The lowest BCUT2D eigenvalue weighted by Crippen LogP contribution is -2.08. The first-order valence-electron chi connectivity index (χ1n) is 8.71. The highest BCUT2D eigenvalue weighted by atomic mass is 79.9. The van der Waals surface area contributed by atoms with Crippen LogP contribution in [0.3, 0.4) is 0 Å². The van der Waals surface area contributed by atoms with Gasteiger partial charge in [0.15, 0.2) is 0 Å². The quantitative estimate of drug-likeness (QED) is 0.361. The van der Waals surface area contributed by atoms with Crippen molar-refractivity contribution in [1.29, 1.82) is 0 Å². The molecule has 0 saturated heterocycles. The minimum atomic E-state index is -0.457. The molecule has 28 heavy (non-hydrogen) atoms. The number of thioether (sulfide) groups is 1. The van der Waals surface area contributed by atoms with E-state index in [0.717, 1.165) is 21.3 Å². The van der Waals surface area contributed by atoms with Crippen molar-refractivity contribution in [3.05, 3.63) is 69.8 Å². The Labute approximate surface area is 176 Å². The summed E-state index contributed by atoms with van der Waals surface area (Å²) in [5.74, 6) is 1.02. The summed E-state index contributed by atoms with van der Waals surface area (Å²) in [5, 5.41) is 8.96. The Kier molecular flexibility index (Phi) is 7.11. The highest BCUT2D eigenvalue weighted by Gasteiger charge is 2.21. The number of esters is 1. The van der Waals surface area contributed by atoms with Crippen molar-refractivity contribution in [2.45, 2.75) is 24.2 Å². The summed E-state index contributed by atoms with van der Waals surface area (Å²) in [7, 11) is 1.63. The third-order valence-corrected chi connectivity index (χ3v) is 5.62. The van der Waals surface area contributed by atoms with Crippen LogP contribution in [0, 0.1) is 0 Å². The summed E-state index contributed by atoms with van der Waals surface area (Å²) in [4.78, 5) is 12.3. The van der Waals surface area contributed by atoms with Crippen LogP contribution >= 0.6 is 27.7 Å². The van der Waals surface area contributed by atoms with E-state index in [1.165, 1.54) is 11.8 Å². The Morgan fingerprint density at radius 3 is 2.43 bits per heavy atom. The van der Waals surface area contributed by atoms with Crippen LogP contribution in [0.25, 0.3) is 0 Å². The molecule has 0 amide bonds. The maximum atomic E-state index is 12.3. The van der Waals surface area contributed by atoms with E-state index >= 15 is 0 Å². The van der Waals surface area contributed by atoms with Gasteiger partial charge in [-0.05, 0) is 42.3 Å². The van der Waals surface area contributed by atoms with Crippen LogP contribution in [0.15, 0.2) is 58.0 Å². The lowest BCUT2D eigenvalue weighted by molar-refractivity contribution is 0.0515. The zero-order valence-electron chi connectivity index (χ0n) is 15.6. The van der Waals surface area contributed by atoms with E-state index in [1.807, 2.05) is 48.5 Å². The van der Waals surface area contributed by atoms with E-state index in [4.69, 9.17) is 9.47 Å². The van der Waals surface area contributed by atoms with Gasteiger partial charge in [0.05, 0.1) is 20.3 Å². The summed E-state index contributed by atoms with van der Waals surface area (Å²) in [6.45, 7) is 2.56. The Morgan fingerprint density at radius 2 is 1.79 bits per heavy atom. The van der Waals surface area contributed by atoms with Crippen molar-refractivity contribution < 1.29 is 14.3 Å². The number of methoxy groups -OCH3 is 1. The van der Waals surface area contributed by atoms with Crippen molar-refractivity contribution in [3.8, 4) is 5.75 Å². The van der Waals surface area contributed by atoms with Crippen LogP contribution in [0.1, 0.15) is 28.5 Å². The summed E-state index contributed by atoms with van der Waals surface area (Å²) in [6, 6.07) is 15.8. The van der Waals surface area contributed by atoms with Crippen molar-refractivity contribution in [1.82, 2.24) is 15.0 Å². The van der Waals surface area contributed by atoms with Crippen LogP contribution in [0.4, 0.5) is 0 Å². The zero-order valence-corrected chi connectivity index (χ0v) is 18.0. The molecule has 0 unspecified atom stereocenters. The summed E-state index contributed by atoms with van der Waals surface area (Å²) >= 11 is 4.96. The van der Waals surface area contributed by atoms with Crippen LogP contribution in [-0.4, -0.2) is 34.7 Å². The van der Waals surface area contributed by atoms with Gasteiger partial charge in [-0.3, -0.25) is 0 Å². The molecule has 1 aromatic heterocycles. The summed E-state index contributed by atoms with van der Waals surface area (Å²) < 4.78 is 13.1. The summed E-state index contributed by atoms with van der Waals surface area (Å²) in [6.07, 6.45) is 0. The first kappa shape index (κ1) is 20.4. The van der Waals surface area contributed by atoms with Crippen LogP contribution < -0.4 is 4.74 Å². The first-order chi connectivity index (χ1) is 13.6. The van der Waals surface area contributed by atoms with E-state index in [2.05, 4.69) is 26.2 Å². The SMILES string of the molecule is CCOC(=O)c1nnn(Cc2ccc(OC)cc2)c1SCc1ccc(Br)cc1. The molecule has 0 aliphatic rings. The molecule has 0 aliphatic heterocycles. The van der Waals surface area contributed by atoms with E-state index in [1.54, 1.807) is 18.7 Å². The van der Waals surface area contributed by atoms with E-state index < -0.39 is 5.97 Å². The molecule has 3 aromatic rings. The average molecular weight is 462 g/mol. The van der Waals surface area contributed by atoms with Crippen LogP contribution in [0.5, 0.6) is 5.75 Å². The maximum Gasteiger partial charge on any atom is 0.361 e. The second-order valence-corrected chi connectivity index (χ2v) is 7.76. The molecular formula is C20H20BrN3O3S. The first-order valence-corrected chi connectivity index (χ1v) is 10.5. The number of benzene rings is 2. The van der Waals surface area contributed by atoms with Crippen molar-refractivity contribution in [2.75, 3.05) is 13.7 Å². The third kappa shape index (κ3) is 5.14. The number of rotatable bonds is 8. The minimum Gasteiger partial charge on any atom is -0.497 e. The Morgan fingerprint density at radius 1 is 1.11 bits per heavy atom. The molecule has 0 aliphatic carbocycles.